The fourth-order valence-corrected chi connectivity index (χ4v) is 2.34. The van der Waals surface area contributed by atoms with Crippen LogP contribution in [0, 0.1) is 0 Å². The third-order valence-corrected chi connectivity index (χ3v) is 3.30. The zero-order chi connectivity index (χ0) is 13.2. The summed E-state index contributed by atoms with van der Waals surface area (Å²) in [6.07, 6.45) is 3.78. The lowest BCUT2D eigenvalue weighted by atomic mass is 10.3. The average molecular weight is 272 g/mol. The molecule has 19 heavy (non-hydrogen) atoms. The van der Waals surface area contributed by atoms with Gasteiger partial charge < -0.3 is 0 Å². The second-order valence-corrected chi connectivity index (χ2v) is 4.87. The van der Waals surface area contributed by atoms with Crippen LogP contribution in [0.5, 0.6) is 0 Å². The van der Waals surface area contributed by atoms with Gasteiger partial charge in [0.2, 0.25) is 0 Å². The Morgan fingerprint density at radius 3 is 2.68 bits per heavy atom. The molecule has 0 N–H and O–H groups in total. The maximum Gasteiger partial charge on any atom is 0.164 e. The van der Waals surface area contributed by atoms with Gasteiger partial charge in [-0.25, -0.2) is 9.97 Å². The summed E-state index contributed by atoms with van der Waals surface area (Å²) < 4.78 is 2.11. The molecule has 3 aromatic rings. The number of pyridine rings is 1. The maximum atomic E-state index is 5.95. The van der Waals surface area contributed by atoms with Crippen molar-refractivity contribution < 1.29 is 0 Å². The van der Waals surface area contributed by atoms with Gasteiger partial charge in [-0.15, -0.1) is 0 Å². The fraction of sp³-hybridized carbons (Fsp3) is 0.200. The van der Waals surface area contributed by atoms with E-state index in [1.165, 1.54) is 0 Å². The van der Waals surface area contributed by atoms with Crippen LogP contribution in [0.25, 0.3) is 16.9 Å². The quantitative estimate of drug-likeness (QED) is 0.720. The summed E-state index contributed by atoms with van der Waals surface area (Å²) in [6.45, 7) is 2.15. The molecule has 0 amide bonds. The number of rotatable bonds is 3. The zero-order valence-corrected chi connectivity index (χ0v) is 11.4. The second kappa shape index (κ2) is 5.02. The Bertz CT molecular complexity index is 701. The van der Waals surface area contributed by atoms with Crippen molar-refractivity contribution in [2.24, 2.45) is 0 Å². The fourth-order valence-electron chi connectivity index (χ4n) is 2.21. The Kier molecular flexibility index (Phi) is 3.22. The van der Waals surface area contributed by atoms with Crippen LogP contribution in [0.4, 0.5) is 0 Å². The van der Waals surface area contributed by atoms with Crippen LogP contribution in [-0.2, 0) is 6.42 Å². The van der Waals surface area contributed by atoms with Crippen molar-refractivity contribution in [3.8, 4) is 5.69 Å². The lowest BCUT2D eigenvalue weighted by Gasteiger charge is -2.08. The van der Waals surface area contributed by atoms with Crippen LogP contribution in [-0.4, -0.2) is 14.5 Å². The van der Waals surface area contributed by atoms with Crippen LogP contribution in [0.3, 0.4) is 0 Å². The normalized spacial score (nSPS) is 11.1. The molecular weight excluding hydrogens is 258 g/mol. The lowest BCUT2D eigenvalue weighted by molar-refractivity contribution is 0.815. The molecule has 0 spiro atoms. The molecule has 0 atom stereocenters. The van der Waals surface area contributed by atoms with Gasteiger partial charge in [-0.05, 0) is 42.8 Å². The van der Waals surface area contributed by atoms with Gasteiger partial charge in [-0.2, -0.15) is 0 Å². The molecule has 3 nitrogen and oxygen atoms in total. The molecule has 2 heterocycles. The minimum Gasteiger partial charge on any atom is -0.281 e. The molecule has 2 aromatic heterocycles. The number of fused-ring (bicyclic) bond motifs is 1. The smallest absolute Gasteiger partial charge is 0.164 e. The second-order valence-electron chi connectivity index (χ2n) is 4.44. The van der Waals surface area contributed by atoms with Gasteiger partial charge >= 0.3 is 0 Å². The van der Waals surface area contributed by atoms with Crippen molar-refractivity contribution in [2.75, 3.05) is 0 Å². The van der Waals surface area contributed by atoms with Crippen LogP contribution in [0.2, 0.25) is 5.02 Å². The standard InChI is InChI=1S/C15H14ClN3/c1-2-4-14-18-13-5-3-10-17-15(13)19(14)12-8-6-11(16)7-9-12/h3,5-10H,2,4H2,1H3. The summed E-state index contributed by atoms with van der Waals surface area (Å²) in [5.74, 6) is 1.04. The first-order chi connectivity index (χ1) is 9.29. The van der Waals surface area contributed by atoms with Crippen molar-refractivity contribution in [1.29, 1.82) is 0 Å². The number of benzene rings is 1. The molecule has 0 saturated heterocycles. The van der Waals surface area contributed by atoms with E-state index in [0.717, 1.165) is 40.5 Å². The van der Waals surface area contributed by atoms with Crippen molar-refractivity contribution >= 4 is 22.8 Å². The SMILES string of the molecule is CCCc1nc2cccnc2n1-c1ccc(Cl)cc1. The molecule has 3 rings (SSSR count). The molecule has 0 radical (unpaired) electrons. The molecule has 0 saturated carbocycles. The molecule has 4 heteroatoms. The van der Waals surface area contributed by atoms with Gasteiger partial charge in [0.1, 0.15) is 11.3 Å². The van der Waals surface area contributed by atoms with E-state index in [-0.39, 0.29) is 0 Å². The van der Waals surface area contributed by atoms with Crippen LogP contribution in [0.15, 0.2) is 42.6 Å². The molecule has 0 fully saturated rings. The Balaban J connectivity index is 2.24. The van der Waals surface area contributed by atoms with Crippen molar-refractivity contribution in [2.45, 2.75) is 19.8 Å². The molecule has 0 aliphatic carbocycles. The minimum atomic E-state index is 0.734. The van der Waals surface area contributed by atoms with E-state index in [9.17, 15) is 0 Å². The topological polar surface area (TPSA) is 30.7 Å². The Morgan fingerprint density at radius 1 is 1.16 bits per heavy atom. The van der Waals surface area contributed by atoms with Gasteiger partial charge in [0, 0.05) is 23.3 Å². The number of halogens is 1. The summed E-state index contributed by atoms with van der Waals surface area (Å²) in [5.41, 5.74) is 2.88. The summed E-state index contributed by atoms with van der Waals surface area (Å²) in [6, 6.07) is 11.7. The van der Waals surface area contributed by atoms with Crippen LogP contribution >= 0.6 is 11.6 Å². The number of hydrogen-bond donors (Lipinski definition) is 0. The van der Waals surface area contributed by atoms with Crippen LogP contribution < -0.4 is 0 Å². The first-order valence-corrected chi connectivity index (χ1v) is 6.75. The first-order valence-electron chi connectivity index (χ1n) is 6.38. The predicted octanol–water partition coefficient (Wildman–Crippen LogP) is 4.03. The average Bonchev–Trinajstić information content (AvgIpc) is 2.78. The Labute approximate surface area is 116 Å². The summed E-state index contributed by atoms with van der Waals surface area (Å²) >= 11 is 5.95. The van der Waals surface area contributed by atoms with E-state index >= 15 is 0 Å². The number of aromatic nitrogens is 3. The van der Waals surface area contributed by atoms with Crippen molar-refractivity contribution in [3.05, 3.63) is 53.4 Å². The summed E-state index contributed by atoms with van der Waals surface area (Å²) in [4.78, 5) is 9.12. The third kappa shape index (κ3) is 2.22. The highest BCUT2D eigenvalue weighted by molar-refractivity contribution is 6.30. The summed E-state index contributed by atoms with van der Waals surface area (Å²) in [7, 11) is 0. The number of hydrogen-bond acceptors (Lipinski definition) is 2. The molecular formula is C15H14ClN3. The van der Waals surface area contributed by atoms with E-state index in [2.05, 4.69) is 21.5 Å². The monoisotopic (exact) mass is 271 g/mol. The summed E-state index contributed by atoms with van der Waals surface area (Å²) in [5, 5.41) is 0.734. The van der Waals surface area contributed by atoms with E-state index in [1.54, 1.807) is 6.20 Å². The highest BCUT2D eigenvalue weighted by atomic mass is 35.5. The zero-order valence-electron chi connectivity index (χ0n) is 10.7. The number of imidazole rings is 1. The molecule has 1 aromatic carbocycles. The lowest BCUT2D eigenvalue weighted by Crippen LogP contribution is -2.01. The minimum absolute atomic E-state index is 0.734. The van der Waals surface area contributed by atoms with Gasteiger partial charge in [-0.3, -0.25) is 4.57 Å². The Hall–Kier alpha value is -1.87. The molecule has 0 bridgehead atoms. The van der Waals surface area contributed by atoms with Gasteiger partial charge in [0.15, 0.2) is 5.65 Å². The van der Waals surface area contributed by atoms with Crippen LogP contribution in [0.1, 0.15) is 19.2 Å². The van der Waals surface area contributed by atoms with E-state index < -0.39 is 0 Å². The van der Waals surface area contributed by atoms with E-state index in [1.807, 2.05) is 36.4 Å². The van der Waals surface area contributed by atoms with Gasteiger partial charge in [0.05, 0.1) is 0 Å². The molecule has 0 aliphatic rings. The molecule has 96 valence electrons. The predicted molar refractivity (Wildman–Crippen MR) is 77.9 cm³/mol. The first kappa shape index (κ1) is 12.2. The Morgan fingerprint density at radius 2 is 1.95 bits per heavy atom. The van der Waals surface area contributed by atoms with Gasteiger partial charge in [0.25, 0.3) is 0 Å². The molecule has 0 aliphatic heterocycles. The largest absolute Gasteiger partial charge is 0.281 e. The highest BCUT2D eigenvalue weighted by Crippen LogP contribution is 2.22. The highest BCUT2D eigenvalue weighted by Gasteiger charge is 2.12. The van der Waals surface area contributed by atoms with E-state index in [0.29, 0.717) is 0 Å². The molecule has 0 unspecified atom stereocenters. The third-order valence-electron chi connectivity index (χ3n) is 3.04. The number of nitrogens with zero attached hydrogens (tertiary/aromatic N) is 3. The van der Waals surface area contributed by atoms with E-state index in [4.69, 9.17) is 11.6 Å². The van der Waals surface area contributed by atoms with Crippen molar-refractivity contribution in [3.63, 3.8) is 0 Å². The number of aryl methyl sites for hydroxylation is 1. The maximum absolute atomic E-state index is 5.95. The van der Waals surface area contributed by atoms with Gasteiger partial charge in [-0.1, -0.05) is 18.5 Å². The van der Waals surface area contributed by atoms with Crippen molar-refractivity contribution in [1.82, 2.24) is 14.5 Å².